The van der Waals surface area contributed by atoms with E-state index in [1.807, 2.05) is 72.9 Å². The summed E-state index contributed by atoms with van der Waals surface area (Å²) < 4.78 is 4.79. The molecule has 0 spiro atoms. The van der Waals surface area contributed by atoms with Crippen molar-refractivity contribution in [2.24, 2.45) is 0 Å². The smallest absolute Gasteiger partial charge is 0.164 e. The Bertz CT molecular complexity index is 4090. The molecule has 0 aliphatic heterocycles. The van der Waals surface area contributed by atoms with Crippen LogP contribution in [-0.2, 0) is 0 Å². The lowest BCUT2D eigenvalue weighted by Crippen LogP contribution is -2.04. The number of hydrogen-bond acceptors (Lipinski definition) is 4. The summed E-state index contributed by atoms with van der Waals surface area (Å²) in [6.07, 6.45) is 1.91. The minimum atomic E-state index is 0.573. The Hall–Kier alpha value is -9.26. The first-order valence-corrected chi connectivity index (χ1v) is 23.7. The predicted molar refractivity (Wildman–Crippen MR) is 288 cm³/mol. The normalized spacial score (nSPS) is 11.6. The number of nitrogens with zero attached hydrogens (tertiary/aromatic N) is 6. The monoisotopic (exact) mass is 896 g/mol. The van der Waals surface area contributed by atoms with Crippen molar-refractivity contribution in [1.29, 1.82) is 0 Å². The molecule has 0 atom stereocenters. The fraction of sp³-hybridized carbons (Fsp3) is 0.0312. The Kier molecular flexibility index (Phi) is 9.84. The fourth-order valence-corrected chi connectivity index (χ4v) is 10.4. The van der Waals surface area contributed by atoms with Crippen molar-refractivity contribution in [3.05, 3.63) is 242 Å². The molecule has 330 valence electrons. The molecule has 4 heterocycles. The van der Waals surface area contributed by atoms with E-state index in [9.17, 15) is 0 Å². The third-order valence-electron chi connectivity index (χ3n) is 13.7. The highest BCUT2D eigenvalue weighted by atomic mass is 15.0. The Morgan fingerprint density at radius 1 is 0.300 bits per heavy atom. The Morgan fingerprint density at radius 2 is 0.743 bits per heavy atom. The third kappa shape index (κ3) is 6.88. The van der Waals surface area contributed by atoms with Gasteiger partial charge in [-0.1, -0.05) is 158 Å². The highest BCUT2D eigenvalue weighted by Crippen LogP contribution is 2.43. The van der Waals surface area contributed by atoms with Gasteiger partial charge in [-0.2, -0.15) is 0 Å². The summed E-state index contributed by atoms with van der Waals surface area (Å²) >= 11 is 0. The van der Waals surface area contributed by atoms with Gasteiger partial charge in [0, 0.05) is 50.0 Å². The van der Waals surface area contributed by atoms with Gasteiger partial charge in [-0.3, -0.25) is 4.98 Å². The molecule has 0 saturated carbocycles. The van der Waals surface area contributed by atoms with Crippen LogP contribution in [0.1, 0.15) is 11.1 Å². The number of aromatic nitrogens is 6. The van der Waals surface area contributed by atoms with Crippen LogP contribution in [0.15, 0.2) is 231 Å². The summed E-state index contributed by atoms with van der Waals surface area (Å²) in [5, 5.41) is 4.71. The van der Waals surface area contributed by atoms with Crippen LogP contribution in [0.3, 0.4) is 0 Å². The molecule has 0 N–H and O–H groups in total. The topological polar surface area (TPSA) is 61.4 Å². The third-order valence-corrected chi connectivity index (χ3v) is 13.7. The molecule has 4 aromatic heterocycles. The van der Waals surface area contributed by atoms with Gasteiger partial charge in [0.2, 0.25) is 0 Å². The minimum Gasteiger partial charge on any atom is -0.309 e. The molecule has 0 amide bonds. The summed E-state index contributed by atoms with van der Waals surface area (Å²) in [5.74, 6) is 1.79. The van der Waals surface area contributed by atoms with Crippen LogP contribution in [0.2, 0.25) is 0 Å². The van der Waals surface area contributed by atoms with Crippen molar-refractivity contribution < 1.29 is 0 Å². The lowest BCUT2D eigenvalue weighted by molar-refractivity contribution is 1.07. The minimum absolute atomic E-state index is 0.573. The lowest BCUT2D eigenvalue weighted by atomic mass is 9.99. The molecule has 0 bridgehead atoms. The first kappa shape index (κ1) is 41.0. The van der Waals surface area contributed by atoms with Crippen molar-refractivity contribution in [3.8, 4) is 79.0 Å². The van der Waals surface area contributed by atoms with E-state index in [4.69, 9.17) is 19.9 Å². The van der Waals surface area contributed by atoms with Crippen molar-refractivity contribution in [2.75, 3.05) is 0 Å². The molecule has 0 unspecified atom stereocenters. The predicted octanol–water partition coefficient (Wildman–Crippen LogP) is 16.1. The second kappa shape index (κ2) is 16.8. The number of pyridine rings is 1. The van der Waals surface area contributed by atoms with Gasteiger partial charge < -0.3 is 9.13 Å². The second-order valence-corrected chi connectivity index (χ2v) is 17.9. The van der Waals surface area contributed by atoms with Gasteiger partial charge in [-0.25, -0.2) is 15.0 Å². The number of fused-ring (bicyclic) bond motifs is 6. The number of rotatable bonds is 8. The van der Waals surface area contributed by atoms with Crippen LogP contribution >= 0.6 is 0 Å². The van der Waals surface area contributed by atoms with Gasteiger partial charge in [0.1, 0.15) is 0 Å². The van der Waals surface area contributed by atoms with E-state index in [0.717, 1.165) is 61.4 Å². The first-order chi connectivity index (χ1) is 34.6. The molecule has 70 heavy (non-hydrogen) atoms. The molecule has 0 radical (unpaired) electrons. The molecule has 9 aromatic carbocycles. The summed E-state index contributed by atoms with van der Waals surface area (Å²) in [5.41, 5.74) is 18.1. The molecule has 0 aliphatic carbocycles. The largest absolute Gasteiger partial charge is 0.309 e. The summed E-state index contributed by atoms with van der Waals surface area (Å²) in [6, 6.07) is 79.5. The molecule has 0 aliphatic rings. The molecule has 13 aromatic rings. The second-order valence-electron chi connectivity index (χ2n) is 17.9. The number of aryl methyl sites for hydroxylation is 2. The van der Waals surface area contributed by atoms with Crippen molar-refractivity contribution in [2.45, 2.75) is 13.8 Å². The zero-order valence-corrected chi connectivity index (χ0v) is 38.6. The van der Waals surface area contributed by atoms with E-state index in [2.05, 4.69) is 181 Å². The van der Waals surface area contributed by atoms with Gasteiger partial charge in [0.05, 0.1) is 39.1 Å². The molecular weight excluding hydrogens is 853 g/mol. The van der Waals surface area contributed by atoms with Crippen molar-refractivity contribution >= 4 is 43.6 Å². The Morgan fingerprint density at radius 3 is 1.29 bits per heavy atom. The first-order valence-electron chi connectivity index (χ1n) is 23.7. The van der Waals surface area contributed by atoms with Crippen LogP contribution in [-0.4, -0.2) is 29.1 Å². The van der Waals surface area contributed by atoms with E-state index in [1.54, 1.807) is 0 Å². The maximum absolute atomic E-state index is 5.37. The van der Waals surface area contributed by atoms with Crippen molar-refractivity contribution in [3.63, 3.8) is 0 Å². The average Bonchev–Trinajstić information content (AvgIpc) is 3.93. The van der Waals surface area contributed by atoms with Crippen LogP contribution in [0, 0.1) is 13.8 Å². The van der Waals surface area contributed by atoms with Crippen molar-refractivity contribution in [1.82, 2.24) is 29.1 Å². The maximum atomic E-state index is 5.37. The molecule has 6 heteroatoms. The lowest BCUT2D eigenvalue weighted by Gasteiger charge is -2.19. The summed E-state index contributed by atoms with van der Waals surface area (Å²) in [6.45, 7) is 4.36. The van der Waals surface area contributed by atoms with Crippen LogP contribution < -0.4 is 0 Å². The van der Waals surface area contributed by atoms with E-state index in [0.29, 0.717) is 17.5 Å². The van der Waals surface area contributed by atoms with Crippen LogP contribution in [0.25, 0.3) is 123 Å². The molecule has 13 rings (SSSR count). The van der Waals surface area contributed by atoms with Crippen LogP contribution in [0.5, 0.6) is 0 Å². The Labute approximate surface area is 405 Å². The van der Waals surface area contributed by atoms with E-state index < -0.39 is 0 Å². The summed E-state index contributed by atoms with van der Waals surface area (Å²) in [4.78, 5) is 20.8. The van der Waals surface area contributed by atoms with Gasteiger partial charge in [-0.05, 0) is 114 Å². The maximum Gasteiger partial charge on any atom is 0.164 e. The van der Waals surface area contributed by atoms with Gasteiger partial charge in [0.25, 0.3) is 0 Å². The zero-order valence-electron chi connectivity index (χ0n) is 38.6. The average molecular weight is 897 g/mol. The highest BCUT2D eigenvalue weighted by Gasteiger charge is 2.24. The highest BCUT2D eigenvalue weighted by molar-refractivity contribution is 6.13. The molecule has 0 saturated heterocycles. The van der Waals surface area contributed by atoms with Gasteiger partial charge in [-0.15, -0.1) is 0 Å². The van der Waals surface area contributed by atoms with Gasteiger partial charge in [0.15, 0.2) is 17.5 Å². The quantitative estimate of drug-likeness (QED) is 0.152. The molecule has 0 fully saturated rings. The van der Waals surface area contributed by atoms with E-state index >= 15 is 0 Å². The van der Waals surface area contributed by atoms with E-state index in [-0.39, 0.29) is 0 Å². The Balaban J connectivity index is 1.09. The zero-order chi connectivity index (χ0) is 46.7. The van der Waals surface area contributed by atoms with Gasteiger partial charge >= 0.3 is 0 Å². The summed E-state index contributed by atoms with van der Waals surface area (Å²) in [7, 11) is 0. The molecule has 6 nitrogen and oxygen atoms in total. The SMILES string of the molecule is Cc1ccccc1-c1ccc2c(c1)c1ccccc1n2-c1ccc(-c2nc(-c3ccccc3)nc(-c3ccccc3)n2)cc1-c1ncccc1-n1c2ccccc2c2cc(-c3ccccc3C)ccc21. The number of benzene rings is 9. The number of para-hydroxylation sites is 2. The van der Waals surface area contributed by atoms with E-state index in [1.165, 1.54) is 54.9 Å². The standard InChI is InChI=1S/C64H44N6/c1-41-18-9-11-24-48(41)45-31-34-57-52(38-45)50-26-13-15-28-55(50)69(57)59-36-33-47(64-67-62(43-20-5-3-6-21-43)66-63(68-64)44-22-7-4-8-23-44)40-54(59)61-60(30-17-37-65-61)70-56-29-16-14-27-51(56)53-39-46(32-35-58(53)70)49-25-12-10-19-42(49)2/h3-40H,1-2H3. The van der Waals surface area contributed by atoms with Crippen LogP contribution in [0.4, 0.5) is 0 Å². The fourth-order valence-electron chi connectivity index (χ4n) is 10.4. The number of hydrogen-bond donors (Lipinski definition) is 0. The molecular formula is C64H44N6.